The lowest BCUT2D eigenvalue weighted by Crippen LogP contribution is -2.12. The van der Waals surface area contributed by atoms with E-state index < -0.39 is 0 Å². The van der Waals surface area contributed by atoms with E-state index in [2.05, 4.69) is 17.1 Å². The molecule has 0 fully saturated rings. The SMILES string of the molecule is NC(CCc1ccco1)c1cncc2ccccc12. The van der Waals surface area contributed by atoms with Crippen LogP contribution in [0.2, 0.25) is 0 Å². The minimum absolute atomic E-state index is 0.0244. The fraction of sp³-hybridized carbons (Fsp3) is 0.188. The van der Waals surface area contributed by atoms with Crippen LogP contribution in [-0.2, 0) is 6.42 Å². The largest absolute Gasteiger partial charge is 0.469 e. The van der Waals surface area contributed by atoms with Gasteiger partial charge in [0.05, 0.1) is 6.26 Å². The highest BCUT2D eigenvalue weighted by Crippen LogP contribution is 2.24. The normalized spacial score (nSPS) is 12.7. The first kappa shape index (κ1) is 11.9. The van der Waals surface area contributed by atoms with Crippen LogP contribution in [0.3, 0.4) is 0 Å². The third-order valence-corrected chi connectivity index (χ3v) is 3.38. The Morgan fingerprint density at radius 3 is 2.84 bits per heavy atom. The number of fused-ring (bicyclic) bond motifs is 1. The summed E-state index contributed by atoms with van der Waals surface area (Å²) in [7, 11) is 0. The summed E-state index contributed by atoms with van der Waals surface area (Å²) in [6.07, 6.45) is 7.13. The van der Waals surface area contributed by atoms with Crippen LogP contribution < -0.4 is 5.73 Å². The van der Waals surface area contributed by atoms with Crippen molar-refractivity contribution in [1.29, 1.82) is 0 Å². The van der Waals surface area contributed by atoms with Crippen LogP contribution in [-0.4, -0.2) is 4.98 Å². The molecule has 0 aliphatic rings. The molecular weight excluding hydrogens is 236 g/mol. The first-order valence-corrected chi connectivity index (χ1v) is 6.45. The Bertz CT molecular complexity index is 656. The zero-order valence-corrected chi connectivity index (χ0v) is 10.6. The maximum atomic E-state index is 6.30. The first-order chi connectivity index (χ1) is 9.34. The van der Waals surface area contributed by atoms with Crippen molar-refractivity contribution in [3.63, 3.8) is 0 Å². The number of furan rings is 1. The van der Waals surface area contributed by atoms with Gasteiger partial charge in [-0.3, -0.25) is 4.98 Å². The van der Waals surface area contributed by atoms with Crippen LogP contribution in [0.4, 0.5) is 0 Å². The molecule has 19 heavy (non-hydrogen) atoms. The van der Waals surface area contributed by atoms with E-state index in [1.54, 1.807) is 6.26 Å². The minimum atomic E-state index is -0.0244. The molecule has 0 saturated carbocycles. The second-order valence-electron chi connectivity index (χ2n) is 4.67. The van der Waals surface area contributed by atoms with Gasteiger partial charge in [0, 0.05) is 30.2 Å². The Hall–Kier alpha value is -2.13. The highest BCUT2D eigenvalue weighted by atomic mass is 16.3. The lowest BCUT2D eigenvalue weighted by molar-refractivity contribution is 0.489. The van der Waals surface area contributed by atoms with Crippen LogP contribution in [0, 0.1) is 0 Å². The second-order valence-corrected chi connectivity index (χ2v) is 4.67. The van der Waals surface area contributed by atoms with E-state index in [-0.39, 0.29) is 6.04 Å². The fourth-order valence-corrected chi connectivity index (χ4v) is 2.34. The average molecular weight is 252 g/mol. The first-order valence-electron chi connectivity index (χ1n) is 6.45. The molecular formula is C16H16N2O. The highest BCUT2D eigenvalue weighted by molar-refractivity contribution is 5.85. The Morgan fingerprint density at radius 1 is 1.11 bits per heavy atom. The predicted octanol–water partition coefficient (Wildman–Crippen LogP) is 3.46. The molecule has 1 aromatic carbocycles. The van der Waals surface area contributed by atoms with Gasteiger partial charge in [0.15, 0.2) is 0 Å². The standard InChI is InChI=1S/C16H16N2O/c17-16(8-7-13-5-3-9-19-13)15-11-18-10-12-4-1-2-6-14(12)15/h1-6,9-11,16H,7-8,17H2. The van der Waals surface area contributed by atoms with E-state index in [9.17, 15) is 0 Å². The Balaban J connectivity index is 1.83. The predicted molar refractivity (Wildman–Crippen MR) is 75.7 cm³/mol. The summed E-state index contributed by atoms with van der Waals surface area (Å²) in [6.45, 7) is 0. The molecule has 2 N–H and O–H groups in total. The Morgan fingerprint density at radius 2 is 2.00 bits per heavy atom. The van der Waals surface area contributed by atoms with Crippen LogP contribution in [0.15, 0.2) is 59.5 Å². The summed E-state index contributed by atoms with van der Waals surface area (Å²) in [5.74, 6) is 0.976. The number of hydrogen-bond donors (Lipinski definition) is 1. The molecule has 2 aromatic heterocycles. The smallest absolute Gasteiger partial charge is 0.103 e. The summed E-state index contributed by atoms with van der Waals surface area (Å²) < 4.78 is 5.34. The maximum Gasteiger partial charge on any atom is 0.103 e. The van der Waals surface area contributed by atoms with Gasteiger partial charge in [-0.05, 0) is 29.5 Å². The fourth-order valence-electron chi connectivity index (χ4n) is 2.34. The number of aryl methyl sites for hydroxylation is 1. The van der Waals surface area contributed by atoms with Crippen LogP contribution in [0.1, 0.15) is 23.8 Å². The lowest BCUT2D eigenvalue weighted by atomic mass is 9.98. The molecule has 3 aromatic rings. The number of hydrogen-bond acceptors (Lipinski definition) is 3. The van der Waals surface area contributed by atoms with Gasteiger partial charge in [0.1, 0.15) is 5.76 Å². The molecule has 0 bridgehead atoms. The summed E-state index contributed by atoms with van der Waals surface area (Å²) >= 11 is 0. The van der Waals surface area contributed by atoms with E-state index in [4.69, 9.17) is 10.2 Å². The Kier molecular flexibility index (Phi) is 3.29. The van der Waals surface area contributed by atoms with Crippen molar-refractivity contribution in [3.8, 4) is 0 Å². The van der Waals surface area contributed by atoms with Crippen molar-refractivity contribution in [2.75, 3.05) is 0 Å². The van der Waals surface area contributed by atoms with E-state index in [0.29, 0.717) is 0 Å². The van der Waals surface area contributed by atoms with Crippen molar-refractivity contribution in [3.05, 3.63) is 66.4 Å². The van der Waals surface area contributed by atoms with Gasteiger partial charge in [-0.25, -0.2) is 0 Å². The third-order valence-electron chi connectivity index (χ3n) is 3.38. The van der Waals surface area contributed by atoms with Gasteiger partial charge in [0.25, 0.3) is 0 Å². The second kappa shape index (κ2) is 5.24. The molecule has 3 rings (SSSR count). The van der Waals surface area contributed by atoms with Crippen LogP contribution in [0.25, 0.3) is 10.8 Å². The average Bonchev–Trinajstić information content (AvgIpc) is 2.97. The monoisotopic (exact) mass is 252 g/mol. The minimum Gasteiger partial charge on any atom is -0.469 e. The zero-order valence-electron chi connectivity index (χ0n) is 10.6. The number of pyridine rings is 1. The number of nitrogens with zero attached hydrogens (tertiary/aromatic N) is 1. The topological polar surface area (TPSA) is 52.0 Å². The Labute approximate surface area is 112 Å². The maximum absolute atomic E-state index is 6.30. The molecule has 1 atom stereocenters. The number of benzene rings is 1. The summed E-state index contributed by atoms with van der Waals surface area (Å²) in [6, 6.07) is 12.1. The van der Waals surface area contributed by atoms with Gasteiger partial charge in [-0.2, -0.15) is 0 Å². The van der Waals surface area contributed by atoms with Crippen molar-refractivity contribution >= 4 is 10.8 Å². The molecule has 0 aliphatic heterocycles. The molecule has 0 spiro atoms. The van der Waals surface area contributed by atoms with Crippen molar-refractivity contribution in [2.24, 2.45) is 5.73 Å². The van der Waals surface area contributed by atoms with Gasteiger partial charge >= 0.3 is 0 Å². The molecule has 3 heteroatoms. The van der Waals surface area contributed by atoms with Crippen LogP contribution >= 0.6 is 0 Å². The molecule has 0 saturated heterocycles. The van der Waals surface area contributed by atoms with Crippen LogP contribution in [0.5, 0.6) is 0 Å². The van der Waals surface area contributed by atoms with Gasteiger partial charge in [-0.15, -0.1) is 0 Å². The molecule has 3 nitrogen and oxygen atoms in total. The van der Waals surface area contributed by atoms with Crippen molar-refractivity contribution < 1.29 is 4.42 Å². The van der Waals surface area contributed by atoms with Gasteiger partial charge in [0.2, 0.25) is 0 Å². The van der Waals surface area contributed by atoms with Crippen molar-refractivity contribution in [2.45, 2.75) is 18.9 Å². The molecule has 1 unspecified atom stereocenters. The van der Waals surface area contributed by atoms with E-state index in [1.165, 1.54) is 5.39 Å². The van der Waals surface area contributed by atoms with Gasteiger partial charge in [-0.1, -0.05) is 24.3 Å². The third kappa shape index (κ3) is 2.51. The molecule has 0 radical (unpaired) electrons. The zero-order chi connectivity index (χ0) is 13.1. The molecule has 96 valence electrons. The number of rotatable bonds is 4. The van der Waals surface area contributed by atoms with E-state index in [1.807, 2.05) is 36.7 Å². The molecule has 0 amide bonds. The lowest BCUT2D eigenvalue weighted by Gasteiger charge is -2.13. The molecule has 0 aliphatic carbocycles. The summed E-state index contributed by atoms with van der Waals surface area (Å²) in [4.78, 5) is 4.28. The highest BCUT2D eigenvalue weighted by Gasteiger charge is 2.11. The summed E-state index contributed by atoms with van der Waals surface area (Å²) in [5, 5.41) is 2.32. The van der Waals surface area contributed by atoms with E-state index in [0.717, 1.165) is 29.6 Å². The quantitative estimate of drug-likeness (QED) is 0.773. The number of nitrogens with two attached hydrogens (primary N) is 1. The molecule has 2 heterocycles. The van der Waals surface area contributed by atoms with E-state index >= 15 is 0 Å². The van der Waals surface area contributed by atoms with Gasteiger partial charge < -0.3 is 10.2 Å². The van der Waals surface area contributed by atoms with Crippen molar-refractivity contribution in [1.82, 2.24) is 4.98 Å². The number of aromatic nitrogens is 1. The summed E-state index contributed by atoms with van der Waals surface area (Å²) in [5.41, 5.74) is 7.40.